The molecule has 1 unspecified atom stereocenters. The maximum atomic E-state index is 13.7. The number of hydrogen-bond acceptors (Lipinski definition) is 8. The first-order chi connectivity index (χ1) is 24.2. The van der Waals surface area contributed by atoms with Crippen molar-refractivity contribution in [3.63, 3.8) is 0 Å². The highest BCUT2D eigenvalue weighted by molar-refractivity contribution is 8.00. The highest BCUT2D eigenvalue weighted by Gasteiger charge is 2.21. The number of aromatic nitrogens is 1. The highest BCUT2D eigenvalue weighted by atomic mass is 35.5. The molecule has 0 aliphatic carbocycles. The lowest BCUT2D eigenvalue weighted by Crippen LogP contribution is -2.30. The summed E-state index contributed by atoms with van der Waals surface area (Å²) < 4.78 is 11.0. The van der Waals surface area contributed by atoms with E-state index in [-0.39, 0.29) is 11.6 Å². The number of halogens is 2. The molecule has 0 aliphatic rings. The molecule has 0 saturated heterocycles. The number of nitrogens with zero attached hydrogens (tertiary/aromatic N) is 1. The average Bonchev–Trinajstić information content (AvgIpc) is 3.60. The third-order valence-electron chi connectivity index (χ3n) is 7.25. The van der Waals surface area contributed by atoms with Crippen molar-refractivity contribution in [1.82, 2.24) is 10.3 Å². The fourth-order valence-corrected chi connectivity index (χ4v) is 6.79. The van der Waals surface area contributed by atoms with Crippen molar-refractivity contribution in [2.75, 3.05) is 24.9 Å². The van der Waals surface area contributed by atoms with Crippen molar-refractivity contribution < 1.29 is 23.9 Å². The summed E-state index contributed by atoms with van der Waals surface area (Å²) in [4.78, 5) is 45.5. The summed E-state index contributed by atoms with van der Waals surface area (Å²) in [6.45, 7) is 1.92. The summed E-state index contributed by atoms with van der Waals surface area (Å²) in [5, 5.41) is 11.3. The van der Waals surface area contributed by atoms with E-state index in [0.29, 0.717) is 55.6 Å². The SMILES string of the molecule is CCC(Sc1cccc(NC(=O)/C(=C\c2cccc(OC)c2OC)NC(=O)c2ccccc2)c1)C(=O)Nc1nc(-c2ccc(Cl)c(Cl)c2)cs1. The van der Waals surface area contributed by atoms with Crippen LogP contribution in [0.4, 0.5) is 10.8 Å². The van der Waals surface area contributed by atoms with Gasteiger partial charge in [0, 0.05) is 32.7 Å². The van der Waals surface area contributed by atoms with E-state index in [1.54, 1.807) is 78.9 Å². The van der Waals surface area contributed by atoms with Crippen molar-refractivity contribution in [2.45, 2.75) is 23.5 Å². The summed E-state index contributed by atoms with van der Waals surface area (Å²) in [5.41, 5.74) is 2.82. The van der Waals surface area contributed by atoms with Crippen molar-refractivity contribution in [3.05, 3.63) is 123 Å². The van der Waals surface area contributed by atoms with Gasteiger partial charge in [0.1, 0.15) is 5.70 Å². The molecule has 5 aromatic rings. The van der Waals surface area contributed by atoms with Crippen LogP contribution < -0.4 is 25.4 Å². The van der Waals surface area contributed by atoms with Crippen LogP contribution >= 0.6 is 46.3 Å². The third kappa shape index (κ3) is 9.25. The van der Waals surface area contributed by atoms with Crippen LogP contribution in [0.2, 0.25) is 10.0 Å². The first kappa shape index (κ1) is 36.5. The van der Waals surface area contributed by atoms with E-state index < -0.39 is 17.1 Å². The summed E-state index contributed by atoms with van der Waals surface area (Å²) in [5.74, 6) is -0.355. The Morgan fingerprint density at radius 2 is 1.68 bits per heavy atom. The van der Waals surface area contributed by atoms with E-state index in [2.05, 4.69) is 20.9 Å². The van der Waals surface area contributed by atoms with Crippen molar-refractivity contribution in [2.24, 2.45) is 0 Å². The fourth-order valence-electron chi connectivity index (χ4n) is 4.76. The standard InChI is InChI=1S/C37H32Cl2N4O5S2/c1-4-32(36(46)43-37-42-30(21-49-37)23-16-17-27(38)28(39)18-23)50-26-14-9-13-25(20-26)40-35(45)29(41-34(44)22-10-6-5-7-11-22)19-24-12-8-15-31(47-2)33(24)48-3/h5-21,32H,4H2,1-3H3,(H,40,45)(H,41,44)(H,42,43,46)/b29-19+. The van der Waals surface area contributed by atoms with Gasteiger partial charge in [0.25, 0.3) is 11.8 Å². The molecule has 3 amide bonds. The molecular weight excluding hydrogens is 715 g/mol. The molecule has 1 aromatic heterocycles. The van der Waals surface area contributed by atoms with Crippen LogP contribution in [0.15, 0.2) is 107 Å². The van der Waals surface area contributed by atoms with Gasteiger partial charge in [-0.1, -0.05) is 72.6 Å². The van der Waals surface area contributed by atoms with Gasteiger partial charge in [0.05, 0.1) is 35.2 Å². The number of nitrogens with one attached hydrogen (secondary N) is 3. The summed E-state index contributed by atoms with van der Waals surface area (Å²) in [6.07, 6.45) is 2.07. The van der Waals surface area contributed by atoms with Gasteiger partial charge in [-0.25, -0.2) is 4.98 Å². The summed E-state index contributed by atoms with van der Waals surface area (Å²) >= 11 is 14.9. The number of benzene rings is 4. The second-order valence-electron chi connectivity index (χ2n) is 10.6. The Labute approximate surface area is 308 Å². The number of para-hydroxylation sites is 1. The van der Waals surface area contributed by atoms with E-state index in [1.165, 1.54) is 43.4 Å². The van der Waals surface area contributed by atoms with Crippen LogP contribution in [0.5, 0.6) is 11.5 Å². The van der Waals surface area contributed by atoms with Gasteiger partial charge in [-0.2, -0.15) is 0 Å². The quantitative estimate of drug-likeness (QED) is 0.0813. The zero-order chi connectivity index (χ0) is 35.6. The zero-order valence-corrected chi connectivity index (χ0v) is 30.3. The van der Waals surface area contributed by atoms with Gasteiger partial charge < -0.3 is 25.4 Å². The lowest BCUT2D eigenvalue weighted by molar-refractivity contribution is -0.116. The Morgan fingerprint density at radius 1 is 0.900 bits per heavy atom. The van der Waals surface area contributed by atoms with Gasteiger partial charge in [-0.3, -0.25) is 14.4 Å². The lowest BCUT2D eigenvalue weighted by Gasteiger charge is -2.15. The molecule has 0 radical (unpaired) electrons. The van der Waals surface area contributed by atoms with E-state index in [4.69, 9.17) is 32.7 Å². The van der Waals surface area contributed by atoms with Crippen LogP contribution in [0.25, 0.3) is 17.3 Å². The van der Waals surface area contributed by atoms with Gasteiger partial charge in [0.15, 0.2) is 16.6 Å². The number of thiazole rings is 1. The molecule has 1 atom stereocenters. The Morgan fingerprint density at radius 3 is 2.40 bits per heavy atom. The molecule has 13 heteroatoms. The van der Waals surface area contributed by atoms with E-state index in [1.807, 2.05) is 24.4 Å². The predicted octanol–water partition coefficient (Wildman–Crippen LogP) is 9.05. The van der Waals surface area contributed by atoms with Gasteiger partial charge in [0.2, 0.25) is 5.91 Å². The second-order valence-corrected chi connectivity index (χ2v) is 13.6. The summed E-state index contributed by atoms with van der Waals surface area (Å²) in [7, 11) is 3.01. The number of ether oxygens (including phenoxy) is 2. The lowest BCUT2D eigenvalue weighted by atomic mass is 10.1. The fraction of sp³-hybridized carbons (Fsp3) is 0.135. The second kappa shape index (κ2) is 17.2. The largest absolute Gasteiger partial charge is 0.493 e. The number of thioether (sulfide) groups is 1. The number of rotatable bonds is 13. The maximum absolute atomic E-state index is 13.7. The Kier molecular flexibility index (Phi) is 12.6. The number of amides is 3. The van der Waals surface area contributed by atoms with Crippen molar-refractivity contribution in [1.29, 1.82) is 0 Å². The van der Waals surface area contributed by atoms with Crippen LogP contribution in [-0.2, 0) is 9.59 Å². The molecule has 0 saturated carbocycles. The van der Waals surface area contributed by atoms with E-state index >= 15 is 0 Å². The number of carbonyl (C=O) groups excluding carboxylic acids is 3. The molecule has 0 aliphatic heterocycles. The minimum absolute atomic E-state index is 0.0158. The molecule has 0 bridgehead atoms. The molecule has 0 fully saturated rings. The topological polar surface area (TPSA) is 119 Å². The highest BCUT2D eigenvalue weighted by Crippen LogP contribution is 2.34. The Bertz CT molecular complexity index is 2040. The molecule has 3 N–H and O–H groups in total. The number of hydrogen-bond donors (Lipinski definition) is 3. The van der Waals surface area contributed by atoms with Gasteiger partial charge in [-0.05, 0) is 61.0 Å². The molecule has 9 nitrogen and oxygen atoms in total. The molecule has 50 heavy (non-hydrogen) atoms. The number of carbonyl (C=O) groups is 3. The van der Waals surface area contributed by atoms with Crippen molar-refractivity contribution in [3.8, 4) is 22.8 Å². The normalized spacial score (nSPS) is 11.7. The van der Waals surface area contributed by atoms with Crippen LogP contribution in [0.1, 0.15) is 29.3 Å². The summed E-state index contributed by atoms with van der Waals surface area (Å²) in [6, 6.07) is 26.2. The predicted molar refractivity (Wildman–Crippen MR) is 203 cm³/mol. The third-order valence-corrected chi connectivity index (χ3v) is 10.1. The molecular formula is C37H32Cl2N4O5S2. The molecule has 4 aromatic carbocycles. The monoisotopic (exact) mass is 746 g/mol. The smallest absolute Gasteiger partial charge is 0.272 e. The molecule has 1 heterocycles. The maximum Gasteiger partial charge on any atom is 0.272 e. The molecule has 5 rings (SSSR count). The van der Waals surface area contributed by atoms with Crippen molar-refractivity contribution >= 4 is 80.9 Å². The first-order valence-electron chi connectivity index (χ1n) is 15.3. The minimum atomic E-state index is -0.562. The molecule has 256 valence electrons. The van der Waals surface area contributed by atoms with E-state index in [9.17, 15) is 14.4 Å². The number of anilines is 2. The van der Waals surface area contributed by atoms with Gasteiger partial charge >= 0.3 is 0 Å². The van der Waals surface area contributed by atoms with E-state index in [0.717, 1.165) is 10.5 Å². The molecule has 0 spiro atoms. The first-order valence-corrected chi connectivity index (χ1v) is 17.8. The van der Waals surface area contributed by atoms with Crippen LogP contribution in [0, 0.1) is 0 Å². The minimum Gasteiger partial charge on any atom is -0.493 e. The zero-order valence-electron chi connectivity index (χ0n) is 27.2. The Hall–Kier alpha value is -4.81. The van der Waals surface area contributed by atoms with Gasteiger partial charge in [-0.15, -0.1) is 23.1 Å². The Balaban J connectivity index is 1.31. The van der Waals surface area contributed by atoms with Crippen LogP contribution in [0.3, 0.4) is 0 Å². The average molecular weight is 748 g/mol. The number of methoxy groups -OCH3 is 2. The van der Waals surface area contributed by atoms with Crippen LogP contribution in [-0.4, -0.2) is 42.2 Å².